The van der Waals surface area contributed by atoms with Crippen molar-refractivity contribution in [3.05, 3.63) is 65.4 Å². The number of benzene rings is 2. The van der Waals surface area contributed by atoms with Crippen LogP contribution in [0.5, 0.6) is 11.5 Å². The Bertz CT molecular complexity index is 1210. The number of thiocarbonyl (C=S) groups is 1. The van der Waals surface area contributed by atoms with Gasteiger partial charge < -0.3 is 24.2 Å². The van der Waals surface area contributed by atoms with E-state index in [1.54, 1.807) is 19.2 Å². The molecule has 4 rings (SSSR count). The summed E-state index contributed by atoms with van der Waals surface area (Å²) in [5.41, 5.74) is 3.23. The first kappa shape index (κ1) is 23.7. The monoisotopic (exact) mass is 482 g/mol. The van der Waals surface area contributed by atoms with Gasteiger partial charge in [0, 0.05) is 17.8 Å². The first-order valence-corrected chi connectivity index (χ1v) is 11.5. The van der Waals surface area contributed by atoms with Crippen LogP contribution in [0.3, 0.4) is 0 Å². The van der Waals surface area contributed by atoms with E-state index >= 15 is 0 Å². The van der Waals surface area contributed by atoms with Gasteiger partial charge in [0.2, 0.25) is 5.82 Å². The van der Waals surface area contributed by atoms with E-state index in [-0.39, 0.29) is 11.8 Å². The summed E-state index contributed by atoms with van der Waals surface area (Å²) in [5.74, 6) is 1.06. The smallest absolute Gasteiger partial charge is 0.258 e. The molecular weight excluding hydrogens is 455 g/mol. The van der Waals surface area contributed by atoms with Crippen molar-refractivity contribution >= 4 is 22.9 Å². The largest absolute Gasteiger partial charge is 0.497 e. The third kappa shape index (κ3) is 4.61. The van der Waals surface area contributed by atoms with Crippen LogP contribution >= 0.6 is 12.2 Å². The highest BCUT2D eigenvalue weighted by molar-refractivity contribution is 7.80. The maximum Gasteiger partial charge on any atom is 0.258 e. The Hall–Kier alpha value is -3.46. The average Bonchev–Trinajstić information content (AvgIpc) is 3.33. The van der Waals surface area contributed by atoms with Crippen molar-refractivity contribution in [3.63, 3.8) is 0 Å². The topological polar surface area (TPSA) is 72.7 Å². The van der Waals surface area contributed by atoms with Crippen molar-refractivity contribution < 1.29 is 18.4 Å². The number of hydrogen-bond donors (Lipinski definition) is 1. The van der Waals surface area contributed by atoms with Gasteiger partial charge in [-0.2, -0.15) is 4.98 Å². The second kappa shape index (κ2) is 10.2. The van der Waals surface area contributed by atoms with Crippen LogP contribution in [-0.2, 0) is 0 Å². The van der Waals surface area contributed by atoms with Crippen molar-refractivity contribution in [3.8, 4) is 22.9 Å². The van der Waals surface area contributed by atoms with Gasteiger partial charge >= 0.3 is 0 Å². The summed E-state index contributed by atoms with van der Waals surface area (Å²) in [5, 5.41) is 8.21. The van der Waals surface area contributed by atoms with Gasteiger partial charge in [0.1, 0.15) is 5.75 Å². The number of allylic oxidation sites excluding steroid dienone is 1. The minimum absolute atomic E-state index is 0.155. The summed E-state index contributed by atoms with van der Waals surface area (Å²) in [7, 11) is 3.05. The molecule has 34 heavy (non-hydrogen) atoms. The number of rotatable bonds is 8. The summed E-state index contributed by atoms with van der Waals surface area (Å²) in [6.45, 7) is 4.92. The fourth-order valence-electron chi connectivity index (χ4n) is 3.95. The van der Waals surface area contributed by atoms with Crippen molar-refractivity contribution in [2.24, 2.45) is 0 Å². The SMILES string of the molecule is CCCCN1C(=S)NC(c2ccc(OC)cc2)C(c2nc(-c3ccc(OC)c(F)c3)no2)=C1C. The molecule has 0 radical (unpaired) electrons. The lowest BCUT2D eigenvalue weighted by Gasteiger charge is -2.37. The molecule has 1 unspecified atom stereocenters. The predicted molar refractivity (Wildman–Crippen MR) is 132 cm³/mol. The molecule has 178 valence electrons. The molecule has 0 saturated carbocycles. The van der Waals surface area contributed by atoms with Crippen molar-refractivity contribution in [2.45, 2.75) is 32.7 Å². The van der Waals surface area contributed by atoms with E-state index in [0.717, 1.165) is 42.0 Å². The van der Waals surface area contributed by atoms with Crippen LogP contribution in [0.2, 0.25) is 0 Å². The van der Waals surface area contributed by atoms with E-state index in [1.165, 1.54) is 13.2 Å². The highest BCUT2D eigenvalue weighted by atomic mass is 32.1. The van der Waals surface area contributed by atoms with Crippen molar-refractivity contribution in [2.75, 3.05) is 20.8 Å². The highest BCUT2D eigenvalue weighted by Gasteiger charge is 2.34. The summed E-state index contributed by atoms with van der Waals surface area (Å²) >= 11 is 5.70. The maximum absolute atomic E-state index is 14.3. The Kier molecular flexibility index (Phi) is 7.12. The van der Waals surface area contributed by atoms with Crippen LogP contribution in [0.4, 0.5) is 4.39 Å². The van der Waals surface area contributed by atoms with Gasteiger partial charge in [-0.05, 0) is 61.5 Å². The van der Waals surface area contributed by atoms with Crippen LogP contribution in [0.15, 0.2) is 52.7 Å². The lowest BCUT2D eigenvalue weighted by molar-refractivity contribution is 0.386. The molecule has 7 nitrogen and oxygen atoms in total. The van der Waals surface area contributed by atoms with E-state index in [9.17, 15) is 4.39 Å². The molecular formula is C25H27FN4O3S. The summed E-state index contributed by atoms with van der Waals surface area (Å²) < 4.78 is 30.3. The van der Waals surface area contributed by atoms with E-state index < -0.39 is 5.82 Å². The Morgan fingerprint density at radius 1 is 1.15 bits per heavy atom. The molecule has 0 amide bonds. The molecule has 0 aliphatic carbocycles. The molecule has 2 aromatic carbocycles. The fourth-order valence-corrected chi connectivity index (χ4v) is 4.29. The lowest BCUT2D eigenvalue weighted by atomic mass is 9.94. The average molecular weight is 483 g/mol. The van der Waals surface area contributed by atoms with Crippen LogP contribution < -0.4 is 14.8 Å². The Morgan fingerprint density at radius 3 is 2.56 bits per heavy atom. The number of ether oxygens (including phenoxy) is 2. The highest BCUT2D eigenvalue weighted by Crippen LogP contribution is 2.38. The molecule has 0 bridgehead atoms. The molecule has 1 atom stereocenters. The predicted octanol–water partition coefficient (Wildman–Crippen LogP) is 5.36. The van der Waals surface area contributed by atoms with E-state index in [4.69, 9.17) is 26.2 Å². The zero-order chi connectivity index (χ0) is 24.2. The van der Waals surface area contributed by atoms with Gasteiger partial charge in [-0.15, -0.1) is 0 Å². The Morgan fingerprint density at radius 2 is 1.91 bits per heavy atom. The Balaban J connectivity index is 1.77. The molecule has 0 fully saturated rings. The molecule has 9 heteroatoms. The van der Waals surface area contributed by atoms with Gasteiger partial charge in [0.15, 0.2) is 16.7 Å². The summed E-state index contributed by atoms with van der Waals surface area (Å²) in [6.07, 6.45) is 2.03. The number of unbranched alkanes of at least 4 members (excludes halogenated alkanes) is 1. The second-order valence-electron chi connectivity index (χ2n) is 7.93. The van der Waals surface area contributed by atoms with Crippen molar-refractivity contribution in [1.82, 2.24) is 20.4 Å². The molecule has 1 N–H and O–H groups in total. The van der Waals surface area contributed by atoms with Gasteiger partial charge in [-0.25, -0.2) is 4.39 Å². The number of hydrogen-bond acceptors (Lipinski definition) is 6. The Labute approximate surface area is 203 Å². The quantitative estimate of drug-likeness (QED) is 0.431. The normalized spacial score (nSPS) is 16.0. The molecule has 1 aromatic heterocycles. The molecule has 1 aliphatic rings. The first-order chi connectivity index (χ1) is 16.5. The number of aromatic nitrogens is 2. The maximum atomic E-state index is 14.3. The lowest BCUT2D eigenvalue weighted by Crippen LogP contribution is -2.46. The van der Waals surface area contributed by atoms with Crippen LogP contribution in [0.25, 0.3) is 17.0 Å². The minimum Gasteiger partial charge on any atom is -0.497 e. The standard InChI is InChI=1S/C25H27FN4O3S/c1-5-6-13-30-15(2)21(22(27-25(30)34)16-7-10-18(31-3)11-8-16)24-28-23(29-33-24)17-9-12-20(32-4)19(26)14-17/h7-12,14,22H,5-6,13H2,1-4H3,(H,27,34). The molecule has 1 aliphatic heterocycles. The fraction of sp³-hybridized carbons (Fsp3) is 0.320. The number of nitrogens with one attached hydrogen (secondary N) is 1. The van der Waals surface area contributed by atoms with Crippen LogP contribution in [-0.4, -0.2) is 40.9 Å². The number of methoxy groups -OCH3 is 2. The third-order valence-corrected chi connectivity index (χ3v) is 6.19. The number of halogens is 1. The first-order valence-electron chi connectivity index (χ1n) is 11.1. The zero-order valence-corrected chi connectivity index (χ0v) is 20.4. The summed E-state index contributed by atoms with van der Waals surface area (Å²) in [6, 6.07) is 12.0. The second-order valence-corrected chi connectivity index (χ2v) is 8.32. The van der Waals surface area contributed by atoms with E-state index in [1.807, 2.05) is 31.2 Å². The van der Waals surface area contributed by atoms with Gasteiger partial charge in [0.05, 0.1) is 25.8 Å². The third-order valence-electron chi connectivity index (χ3n) is 5.85. The molecule has 3 aromatic rings. The molecule has 2 heterocycles. The number of nitrogens with zero attached hydrogens (tertiary/aromatic N) is 3. The molecule has 0 saturated heterocycles. The van der Waals surface area contributed by atoms with Crippen LogP contribution in [0.1, 0.15) is 44.2 Å². The van der Waals surface area contributed by atoms with Gasteiger partial charge in [-0.1, -0.05) is 30.6 Å². The zero-order valence-electron chi connectivity index (χ0n) is 19.6. The van der Waals surface area contributed by atoms with E-state index in [2.05, 4.69) is 27.3 Å². The minimum atomic E-state index is -0.492. The van der Waals surface area contributed by atoms with Crippen LogP contribution in [0, 0.1) is 5.82 Å². The van der Waals surface area contributed by atoms with E-state index in [0.29, 0.717) is 22.4 Å². The van der Waals surface area contributed by atoms with Gasteiger partial charge in [0.25, 0.3) is 5.89 Å². The van der Waals surface area contributed by atoms with Crippen molar-refractivity contribution in [1.29, 1.82) is 0 Å². The molecule has 0 spiro atoms. The summed E-state index contributed by atoms with van der Waals surface area (Å²) in [4.78, 5) is 6.68. The van der Waals surface area contributed by atoms with Gasteiger partial charge in [-0.3, -0.25) is 0 Å².